The number of hydrogen-bond donors (Lipinski definition) is 1. The molecule has 158 valence electrons. The van der Waals surface area contributed by atoms with Crippen LogP contribution in [0.1, 0.15) is 24.2 Å². The average molecular weight is 428 g/mol. The zero-order valence-corrected chi connectivity index (χ0v) is 17.9. The number of nitrogens with one attached hydrogen (secondary N) is 1. The van der Waals surface area contributed by atoms with E-state index in [1.165, 1.54) is 0 Å². The molecule has 5 nitrogen and oxygen atoms in total. The third-order valence-electron chi connectivity index (χ3n) is 4.26. The second kappa shape index (κ2) is 12.6. The lowest BCUT2D eigenvalue weighted by Crippen LogP contribution is -2.32. The zero-order chi connectivity index (χ0) is 21.8. The molecule has 0 fully saturated rings. The smallest absolute Gasteiger partial charge is 0.253 e. The molecule has 6 heteroatoms. The van der Waals surface area contributed by atoms with Crippen molar-refractivity contribution in [3.05, 3.63) is 70.8 Å². The third-order valence-corrected chi connectivity index (χ3v) is 4.51. The maximum Gasteiger partial charge on any atom is 0.253 e. The van der Waals surface area contributed by atoms with Gasteiger partial charge in [0.15, 0.2) is 17.6 Å². The van der Waals surface area contributed by atoms with Crippen molar-refractivity contribution >= 4 is 17.5 Å². The molecule has 2 aromatic rings. The van der Waals surface area contributed by atoms with E-state index in [4.69, 9.17) is 32.2 Å². The van der Waals surface area contributed by atoms with Crippen LogP contribution < -0.4 is 14.8 Å². The molecule has 30 heavy (non-hydrogen) atoms. The number of rotatable bonds is 11. The predicted octanol–water partition coefficient (Wildman–Crippen LogP) is 4.35. The van der Waals surface area contributed by atoms with Gasteiger partial charge in [0.25, 0.3) is 5.91 Å². The van der Waals surface area contributed by atoms with E-state index in [9.17, 15) is 4.79 Å². The lowest BCUT2D eigenvalue weighted by Gasteiger charge is -2.18. The van der Waals surface area contributed by atoms with E-state index in [-0.39, 0.29) is 12.5 Å². The number of methoxy groups -OCH3 is 1. The van der Waals surface area contributed by atoms with E-state index in [0.29, 0.717) is 36.1 Å². The van der Waals surface area contributed by atoms with Gasteiger partial charge in [-0.25, -0.2) is 0 Å². The van der Waals surface area contributed by atoms with Crippen LogP contribution in [0.15, 0.2) is 54.6 Å². The van der Waals surface area contributed by atoms with Crippen molar-refractivity contribution in [1.82, 2.24) is 5.32 Å². The Hall–Kier alpha value is -2.94. The Labute approximate surface area is 183 Å². The van der Waals surface area contributed by atoms with E-state index in [0.717, 1.165) is 11.1 Å². The van der Waals surface area contributed by atoms with Gasteiger partial charge in [-0.3, -0.25) is 4.79 Å². The van der Waals surface area contributed by atoms with Gasteiger partial charge >= 0.3 is 0 Å². The summed E-state index contributed by atoms with van der Waals surface area (Å²) >= 11 is 5.96. The van der Waals surface area contributed by atoms with Gasteiger partial charge in [0.05, 0.1) is 13.7 Å². The highest BCUT2D eigenvalue weighted by atomic mass is 35.5. The van der Waals surface area contributed by atoms with Gasteiger partial charge in [-0.2, -0.15) is 0 Å². The second-order valence-electron chi connectivity index (χ2n) is 6.35. The normalized spacial score (nSPS) is 11.7. The highest BCUT2D eigenvalue weighted by Crippen LogP contribution is 2.28. The van der Waals surface area contributed by atoms with Crippen molar-refractivity contribution in [2.75, 3.05) is 26.9 Å². The molecule has 0 heterocycles. The molecule has 1 unspecified atom stereocenters. The maximum atomic E-state index is 12.8. The Morgan fingerprint density at radius 1 is 1.23 bits per heavy atom. The molecule has 2 rings (SSSR count). The summed E-state index contributed by atoms with van der Waals surface area (Å²) in [5.74, 6) is 3.41. The largest absolute Gasteiger partial charge is 0.493 e. The fourth-order valence-corrected chi connectivity index (χ4v) is 2.86. The van der Waals surface area contributed by atoms with E-state index >= 15 is 0 Å². The Morgan fingerprint density at radius 2 is 2.00 bits per heavy atom. The fraction of sp³-hybridized carbons (Fsp3) is 0.292. The van der Waals surface area contributed by atoms with Crippen LogP contribution in [0.5, 0.6) is 11.5 Å². The summed E-state index contributed by atoms with van der Waals surface area (Å²) in [7, 11) is 1.57. The van der Waals surface area contributed by atoms with Crippen molar-refractivity contribution < 1.29 is 19.0 Å². The molecule has 0 radical (unpaired) electrons. The number of ether oxygens (including phenoxy) is 3. The molecule has 2 aromatic carbocycles. The number of allylic oxidation sites excluding steroid dienone is 1. The summed E-state index contributed by atoms with van der Waals surface area (Å²) in [6, 6.07) is 12.7. The Bertz CT molecular complexity index is 887. The van der Waals surface area contributed by atoms with Crippen LogP contribution in [0.25, 0.3) is 0 Å². The summed E-state index contributed by atoms with van der Waals surface area (Å²) in [4.78, 5) is 12.8. The molecule has 0 saturated heterocycles. The number of carbonyl (C=O) groups excluding carboxylic acids is 1. The van der Waals surface area contributed by atoms with Gasteiger partial charge in [-0.15, -0.1) is 6.42 Å². The first-order chi connectivity index (χ1) is 14.6. The molecule has 1 atom stereocenters. The van der Waals surface area contributed by atoms with Crippen molar-refractivity contribution in [2.24, 2.45) is 0 Å². The Balaban J connectivity index is 1.99. The molecule has 0 bridgehead atoms. The van der Waals surface area contributed by atoms with Gasteiger partial charge in [-0.1, -0.05) is 47.9 Å². The number of halogens is 1. The molecular weight excluding hydrogens is 402 g/mol. The van der Waals surface area contributed by atoms with Crippen LogP contribution >= 0.6 is 11.6 Å². The van der Waals surface area contributed by atoms with Crippen molar-refractivity contribution in [3.63, 3.8) is 0 Å². The lowest BCUT2D eigenvalue weighted by molar-refractivity contribution is -0.132. The predicted molar refractivity (Wildman–Crippen MR) is 119 cm³/mol. The number of amides is 1. The van der Waals surface area contributed by atoms with Gasteiger partial charge < -0.3 is 19.5 Å². The van der Waals surface area contributed by atoms with E-state index in [1.54, 1.807) is 31.4 Å². The summed E-state index contributed by atoms with van der Waals surface area (Å²) < 4.78 is 16.6. The number of carbonyl (C=O) groups is 1. The molecule has 0 aliphatic carbocycles. The highest BCUT2D eigenvalue weighted by Gasteiger charge is 2.20. The maximum absolute atomic E-state index is 12.8. The molecule has 0 spiro atoms. The molecule has 1 N–H and O–H groups in total. The van der Waals surface area contributed by atoms with Crippen LogP contribution in [0.3, 0.4) is 0 Å². The molecule has 1 amide bonds. The monoisotopic (exact) mass is 427 g/mol. The van der Waals surface area contributed by atoms with E-state index in [2.05, 4.69) is 11.2 Å². The van der Waals surface area contributed by atoms with Crippen LogP contribution in [0.2, 0.25) is 5.02 Å². The molecule has 0 aliphatic heterocycles. The van der Waals surface area contributed by atoms with Crippen molar-refractivity contribution in [2.45, 2.75) is 19.4 Å². The van der Waals surface area contributed by atoms with Crippen LogP contribution in [-0.2, 0) is 16.0 Å². The topological polar surface area (TPSA) is 56.8 Å². The number of terminal acetylenes is 1. The quantitative estimate of drug-likeness (QED) is 0.428. The van der Waals surface area contributed by atoms with Gasteiger partial charge in [-0.05, 0) is 48.7 Å². The molecule has 0 saturated carbocycles. The molecular formula is C24H26ClNO4. The first kappa shape index (κ1) is 23.3. The summed E-state index contributed by atoms with van der Waals surface area (Å²) in [6.07, 6.45) is 8.87. The highest BCUT2D eigenvalue weighted by molar-refractivity contribution is 6.30. The first-order valence-electron chi connectivity index (χ1n) is 9.58. The van der Waals surface area contributed by atoms with Crippen LogP contribution in [-0.4, -0.2) is 32.8 Å². The second-order valence-corrected chi connectivity index (χ2v) is 6.79. The minimum Gasteiger partial charge on any atom is -0.493 e. The van der Waals surface area contributed by atoms with E-state index < -0.39 is 6.10 Å². The van der Waals surface area contributed by atoms with Gasteiger partial charge in [0.1, 0.15) is 6.61 Å². The van der Waals surface area contributed by atoms with Gasteiger partial charge in [0.2, 0.25) is 0 Å². The number of benzene rings is 2. The average Bonchev–Trinajstić information content (AvgIpc) is 2.76. The van der Waals surface area contributed by atoms with Crippen LogP contribution in [0, 0.1) is 12.3 Å². The minimum atomic E-state index is -0.715. The zero-order valence-electron chi connectivity index (χ0n) is 17.2. The third kappa shape index (κ3) is 7.14. The summed E-state index contributed by atoms with van der Waals surface area (Å²) in [5, 5.41) is 3.54. The number of hydrogen-bond acceptors (Lipinski definition) is 4. The summed E-state index contributed by atoms with van der Waals surface area (Å²) in [5.41, 5.74) is 1.75. The Morgan fingerprint density at radius 3 is 2.67 bits per heavy atom. The Kier molecular flexibility index (Phi) is 9.79. The van der Waals surface area contributed by atoms with Gasteiger partial charge in [0, 0.05) is 11.6 Å². The standard InChI is InChI=1S/C24H26ClNO4/c1-4-6-16-30-23(19-8-10-20(25)11-9-19)24(27)26-14-13-18-7-12-21(29-15-5-2)22(17-18)28-3/h2,4,6-12,17,23H,13-16H2,1,3H3,(H,26,27). The van der Waals surface area contributed by atoms with Crippen LogP contribution in [0.4, 0.5) is 0 Å². The molecule has 0 aromatic heterocycles. The SMILES string of the molecule is C#CCOc1ccc(CCNC(=O)C(OCC=CC)c2ccc(Cl)cc2)cc1OC. The van der Waals surface area contributed by atoms with E-state index in [1.807, 2.05) is 37.3 Å². The van der Waals surface area contributed by atoms with Crippen molar-refractivity contribution in [3.8, 4) is 23.8 Å². The lowest BCUT2D eigenvalue weighted by atomic mass is 10.1. The van der Waals surface area contributed by atoms with Crippen molar-refractivity contribution in [1.29, 1.82) is 0 Å². The fourth-order valence-electron chi connectivity index (χ4n) is 2.74. The molecule has 0 aliphatic rings. The first-order valence-corrected chi connectivity index (χ1v) is 9.96. The summed E-state index contributed by atoms with van der Waals surface area (Å²) in [6.45, 7) is 2.86. The minimum absolute atomic E-state index is 0.172.